The third-order valence-electron chi connectivity index (χ3n) is 3.35. The van der Waals surface area contributed by atoms with Crippen molar-refractivity contribution in [1.82, 2.24) is 4.98 Å². The van der Waals surface area contributed by atoms with Crippen LogP contribution >= 0.6 is 11.3 Å². The van der Waals surface area contributed by atoms with Crippen LogP contribution in [0, 0.1) is 10.1 Å². The Morgan fingerprint density at radius 3 is 2.67 bits per heavy atom. The van der Waals surface area contributed by atoms with E-state index < -0.39 is 23.4 Å². The minimum Gasteiger partial charge on any atom is -0.452 e. The van der Waals surface area contributed by atoms with Gasteiger partial charge in [0.05, 0.1) is 10.6 Å². The van der Waals surface area contributed by atoms with Crippen molar-refractivity contribution >= 4 is 34.0 Å². The van der Waals surface area contributed by atoms with Gasteiger partial charge in [-0.1, -0.05) is 12.2 Å². The standard InChI is InChI=1S/C18H17N3O5S/c1-3-5-17(23)26-11-16(22)20(10-4-2)18-19-15(12-27-18)13-6-8-14(9-7-13)21(24)25/h3-9,12H,2,10-11H2,1H3/b5-3+. The van der Waals surface area contributed by atoms with E-state index >= 15 is 0 Å². The Morgan fingerprint density at radius 1 is 1.37 bits per heavy atom. The molecule has 0 aliphatic carbocycles. The summed E-state index contributed by atoms with van der Waals surface area (Å²) in [6.45, 7) is 5.08. The topological polar surface area (TPSA) is 103 Å². The van der Waals surface area contributed by atoms with Crippen molar-refractivity contribution in [3.63, 3.8) is 0 Å². The molecular formula is C18H17N3O5S. The molecule has 0 saturated heterocycles. The van der Waals surface area contributed by atoms with Crippen molar-refractivity contribution in [3.8, 4) is 11.3 Å². The lowest BCUT2D eigenvalue weighted by Gasteiger charge is -2.17. The fourth-order valence-corrected chi connectivity index (χ4v) is 2.95. The van der Waals surface area contributed by atoms with Crippen LogP contribution in [0.4, 0.5) is 10.8 Å². The highest BCUT2D eigenvalue weighted by Crippen LogP contribution is 2.28. The molecule has 0 atom stereocenters. The average molecular weight is 387 g/mol. The Labute approximate surface area is 159 Å². The molecule has 1 heterocycles. The highest BCUT2D eigenvalue weighted by Gasteiger charge is 2.20. The van der Waals surface area contributed by atoms with E-state index in [1.54, 1.807) is 30.5 Å². The maximum atomic E-state index is 12.4. The molecule has 1 aromatic heterocycles. The van der Waals surface area contributed by atoms with E-state index in [4.69, 9.17) is 4.74 Å². The lowest BCUT2D eigenvalue weighted by molar-refractivity contribution is -0.384. The number of nitro benzene ring substituents is 1. The second-order valence-electron chi connectivity index (χ2n) is 5.22. The van der Waals surface area contributed by atoms with Gasteiger partial charge in [0.15, 0.2) is 11.7 Å². The molecular weight excluding hydrogens is 370 g/mol. The highest BCUT2D eigenvalue weighted by molar-refractivity contribution is 7.14. The van der Waals surface area contributed by atoms with Crippen molar-refractivity contribution in [2.75, 3.05) is 18.1 Å². The van der Waals surface area contributed by atoms with Gasteiger partial charge >= 0.3 is 5.97 Å². The molecule has 0 bridgehead atoms. The second kappa shape index (κ2) is 9.39. The number of rotatable bonds is 8. The van der Waals surface area contributed by atoms with Gasteiger partial charge in [0.2, 0.25) is 0 Å². The molecule has 1 amide bonds. The number of ether oxygens (including phenoxy) is 1. The first-order valence-electron chi connectivity index (χ1n) is 7.87. The molecule has 140 valence electrons. The van der Waals surface area contributed by atoms with E-state index in [9.17, 15) is 19.7 Å². The van der Waals surface area contributed by atoms with E-state index in [0.29, 0.717) is 16.4 Å². The number of hydrogen-bond acceptors (Lipinski definition) is 7. The summed E-state index contributed by atoms with van der Waals surface area (Å²) in [5, 5.41) is 12.9. The third-order valence-corrected chi connectivity index (χ3v) is 4.21. The molecule has 27 heavy (non-hydrogen) atoms. The molecule has 9 heteroatoms. The van der Waals surface area contributed by atoms with Crippen LogP contribution in [0.15, 0.2) is 54.5 Å². The van der Waals surface area contributed by atoms with Gasteiger partial charge in [-0.25, -0.2) is 9.78 Å². The van der Waals surface area contributed by atoms with Crippen LogP contribution in [-0.2, 0) is 14.3 Å². The Hall–Kier alpha value is -3.33. The Balaban J connectivity index is 2.16. The Bertz CT molecular complexity index is 873. The van der Waals surface area contributed by atoms with Gasteiger partial charge in [-0.2, -0.15) is 0 Å². The fourth-order valence-electron chi connectivity index (χ4n) is 2.09. The van der Waals surface area contributed by atoms with Gasteiger partial charge in [0.1, 0.15) is 0 Å². The number of non-ortho nitro benzene ring substituents is 1. The lowest BCUT2D eigenvalue weighted by atomic mass is 10.1. The maximum absolute atomic E-state index is 12.4. The average Bonchev–Trinajstić information content (AvgIpc) is 3.14. The minimum atomic E-state index is -0.602. The number of allylic oxidation sites excluding steroid dienone is 1. The predicted molar refractivity (Wildman–Crippen MR) is 103 cm³/mol. The number of hydrogen-bond donors (Lipinski definition) is 0. The molecule has 0 fully saturated rings. The molecule has 0 aliphatic rings. The first-order valence-corrected chi connectivity index (χ1v) is 8.75. The third kappa shape index (κ3) is 5.32. The molecule has 8 nitrogen and oxygen atoms in total. The first kappa shape index (κ1) is 20.0. The predicted octanol–water partition coefficient (Wildman–Crippen LogP) is 3.36. The van der Waals surface area contributed by atoms with Crippen LogP contribution in [0.3, 0.4) is 0 Å². The van der Waals surface area contributed by atoms with Gasteiger partial charge in [-0.05, 0) is 19.1 Å². The van der Waals surface area contributed by atoms with E-state index in [-0.39, 0.29) is 12.2 Å². The maximum Gasteiger partial charge on any atom is 0.330 e. The number of anilines is 1. The summed E-state index contributed by atoms with van der Waals surface area (Å²) in [7, 11) is 0. The van der Waals surface area contributed by atoms with Crippen molar-refractivity contribution in [3.05, 3.63) is 64.6 Å². The number of nitro groups is 1. The molecule has 2 aromatic rings. The number of benzene rings is 1. The summed E-state index contributed by atoms with van der Waals surface area (Å²) >= 11 is 1.23. The number of nitrogens with zero attached hydrogens (tertiary/aromatic N) is 3. The van der Waals surface area contributed by atoms with E-state index in [0.717, 1.165) is 0 Å². The molecule has 0 spiro atoms. The van der Waals surface area contributed by atoms with Crippen LogP contribution in [0.2, 0.25) is 0 Å². The van der Waals surface area contributed by atoms with Crippen LogP contribution in [0.25, 0.3) is 11.3 Å². The van der Waals surface area contributed by atoms with Crippen LogP contribution < -0.4 is 4.90 Å². The van der Waals surface area contributed by atoms with Crippen LogP contribution in [0.5, 0.6) is 0 Å². The molecule has 0 saturated carbocycles. The fraction of sp³-hybridized carbons (Fsp3) is 0.167. The first-order chi connectivity index (χ1) is 13.0. The quantitative estimate of drug-likeness (QED) is 0.226. The second-order valence-corrected chi connectivity index (χ2v) is 6.06. The summed E-state index contributed by atoms with van der Waals surface area (Å²) in [5.41, 5.74) is 1.26. The molecule has 0 N–H and O–H groups in total. The summed E-state index contributed by atoms with van der Waals surface area (Å²) in [4.78, 5) is 39.8. The van der Waals surface area contributed by atoms with E-state index in [1.807, 2.05) is 0 Å². The largest absolute Gasteiger partial charge is 0.452 e. The summed E-state index contributed by atoms with van der Waals surface area (Å²) in [5.74, 6) is -1.03. The number of carbonyl (C=O) groups excluding carboxylic acids is 2. The van der Waals surface area contributed by atoms with Crippen molar-refractivity contribution in [2.45, 2.75) is 6.92 Å². The number of amides is 1. The normalized spacial score (nSPS) is 10.6. The zero-order chi connectivity index (χ0) is 19.8. The Morgan fingerprint density at radius 2 is 2.07 bits per heavy atom. The summed E-state index contributed by atoms with van der Waals surface area (Å²) < 4.78 is 4.88. The lowest BCUT2D eigenvalue weighted by Crippen LogP contribution is -2.34. The van der Waals surface area contributed by atoms with Crippen LogP contribution in [0.1, 0.15) is 6.92 Å². The summed E-state index contributed by atoms with van der Waals surface area (Å²) in [6.07, 6.45) is 4.28. The van der Waals surface area contributed by atoms with Gasteiger partial charge < -0.3 is 4.74 Å². The minimum absolute atomic E-state index is 0.0133. The molecule has 1 aromatic carbocycles. The van der Waals surface area contributed by atoms with E-state index in [1.165, 1.54) is 40.5 Å². The smallest absolute Gasteiger partial charge is 0.330 e. The van der Waals surface area contributed by atoms with Crippen LogP contribution in [-0.4, -0.2) is 34.9 Å². The summed E-state index contributed by atoms with van der Waals surface area (Å²) in [6, 6.07) is 5.97. The van der Waals surface area contributed by atoms with Crippen molar-refractivity contribution in [2.24, 2.45) is 0 Å². The van der Waals surface area contributed by atoms with Gasteiger partial charge in [-0.3, -0.25) is 19.8 Å². The van der Waals surface area contributed by atoms with Gasteiger partial charge in [0, 0.05) is 35.7 Å². The van der Waals surface area contributed by atoms with Gasteiger partial charge in [0.25, 0.3) is 11.6 Å². The monoisotopic (exact) mass is 387 g/mol. The molecule has 0 radical (unpaired) electrons. The van der Waals surface area contributed by atoms with Gasteiger partial charge in [-0.15, -0.1) is 17.9 Å². The SMILES string of the molecule is C=CCN(C(=O)COC(=O)/C=C/C)c1nc(-c2ccc([N+](=O)[O-])cc2)cs1. The number of thiazole rings is 1. The van der Waals surface area contributed by atoms with Crippen molar-refractivity contribution < 1.29 is 19.2 Å². The number of aromatic nitrogens is 1. The molecule has 0 unspecified atom stereocenters. The Kier molecular flexibility index (Phi) is 6.95. The molecule has 2 rings (SSSR count). The highest BCUT2D eigenvalue weighted by atomic mass is 32.1. The zero-order valence-electron chi connectivity index (χ0n) is 14.5. The zero-order valence-corrected chi connectivity index (χ0v) is 15.3. The van der Waals surface area contributed by atoms with Crippen molar-refractivity contribution in [1.29, 1.82) is 0 Å². The molecule has 0 aliphatic heterocycles. The van der Waals surface area contributed by atoms with E-state index in [2.05, 4.69) is 11.6 Å². The number of carbonyl (C=O) groups is 2. The number of esters is 1.